The summed E-state index contributed by atoms with van der Waals surface area (Å²) in [6, 6.07) is 9.92. The first kappa shape index (κ1) is 19.2. The van der Waals surface area contributed by atoms with E-state index in [9.17, 15) is 0 Å². The van der Waals surface area contributed by atoms with Gasteiger partial charge in [-0.25, -0.2) is 0 Å². The van der Waals surface area contributed by atoms with Gasteiger partial charge in [0.15, 0.2) is 5.96 Å². The van der Waals surface area contributed by atoms with Gasteiger partial charge < -0.3 is 16.0 Å². The molecule has 1 aromatic carbocycles. The molecule has 3 N–H and O–H groups in total. The van der Waals surface area contributed by atoms with Crippen LogP contribution in [0.4, 0.5) is 5.69 Å². The van der Waals surface area contributed by atoms with Crippen LogP contribution in [0.1, 0.15) is 32.6 Å². The number of halogens is 1. The maximum Gasteiger partial charge on any atom is 0.193 e. The number of nitrogens with zero attached hydrogens (tertiary/aromatic N) is 2. The number of guanidine groups is 1. The van der Waals surface area contributed by atoms with Crippen LogP contribution in [0.2, 0.25) is 0 Å². The van der Waals surface area contributed by atoms with Crippen molar-refractivity contribution < 1.29 is 0 Å². The van der Waals surface area contributed by atoms with E-state index in [0.717, 1.165) is 24.6 Å². The Hall–Kier alpha value is -0.820. The molecular weight excluding hydrogens is 387 g/mol. The monoisotopic (exact) mass is 416 g/mol. The summed E-state index contributed by atoms with van der Waals surface area (Å²) >= 11 is 0. The van der Waals surface area contributed by atoms with Crippen molar-refractivity contribution in [3.05, 3.63) is 30.3 Å². The zero-order valence-electron chi connectivity index (χ0n) is 13.5. The normalized spacial score (nSPS) is 17.0. The molecule has 0 bridgehead atoms. The van der Waals surface area contributed by atoms with E-state index in [-0.39, 0.29) is 24.0 Å². The van der Waals surface area contributed by atoms with Crippen LogP contribution in [0.3, 0.4) is 0 Å². The van der Waals surface area contributed by atoms with E-state index in [4.69, 9.17) is 5.73 Å². The van der Waals surface area contributed by atoms with Crippen molar-refractivity contribution in [2.24, 2.45) is 16.6 Å². The Morgan fingerprint density at radius 3 is 2.59 bits per heavy atom. The molecular formula is C17H29IN4. The van der Waals surface area contributed by atoms with Crippen LogP contribution in [-0.4, -0.2) is 37.0 Å². The minimum atomic E-state index is 0. The molecule has 1 aliphatic rings. The van der Waals surface area contributed by atoms with Crippen LogP contribution in [0.5, 0.6) is 0 Å². The lowest BCUT2D eigenvalue weighted by molar-refractivity contribution is 0.190. The zero-order valence-corrected chi connectivity index (χ0v) is 15.8. The minimum Gasteiger partial charge on any atom is -0.370 e. The quantitative estimate of drug-likeness (QED) is 0.323. The highest BCUT2D eigenvalue weighted by Crippen LogP contribution is 2.16. The van der Waals surface area contributed by atoms with Gasteiger partial charge in [-0.3, -0.25) is 4.99 Å². The molecule has 4 nitrogen and oxygen atoms in total. The summed E-state index contributed by atoms with van der Waals surface area (Å²) in [5, 5.41) is 3.10. The number of aliphatic imine (C=N–C) groups is 1. The van der Waals surface area contributed by atoms with Gasteiger partial charge in [-0.1, -0.05) is 25.1 Å². The molecule has 1 aromatic rings. The summed E-state index contributed by atoms with van der Waals surface area (Å²) in [6.07, 6.45) is 5.01. The molecule has 0 radical (unpaired) electrons. The van der Waals surface area contributed by atoms with Crippen molar-refractivity contribution in [1.29, 1.82) is 0 Å². The molecule has 1 heterocycles. The Morgan fingerprint density at radius 1 is 1.23 bits per heavy atom. The van der Waals surface area contributed by atoms with Gasteiger partial charge in [0.1, 0.15) is 0 Å². The summed E-state index contributed by atoms with van der Waals surface area (Å²) in [7, 11) is 0. The molecule has 0 aliphatic carbocycles. The molecule has 5 heteroatoms. The van der Waals surface area contributed by atoms with Gasteiger partial charge in [-0.2, -0.15) is 0 Å². The number of unbranched alkanes of at least 4 members (excludes halogenated alkanes) is 1. The Kier molecular flexibility index (Phi) is 9.47. The van der Waals surface area contributed by atoms with E-state index in [1.54, 1.807) is 0 Å². The molecule has 124 valence electrons. The Morgan fingerprint density at radius 2 is 1.91 bits per heavy atom. The predicted octanol–water partition coefficient (Wildman–Crippen LogP) is 3.54. The average molecular weight is 416 g/mol. The summed E-state index contributed by atoms with van der Waals surface area (Å²) in [5.41, 5.74) is 6.86. The maximum atomic E-state index is 5.87. The number of rotatable bonds is 6. The van der Waals surface area contributed by atoms with Crippen LogP contribution in [0.25, 0.3) is 0 Å². The number of likely N-dealkylation sites (tertiary alicyclic amines) is 1. The Balaban J connectivity index is 0.00000242. The summed E-state index contributed by atoms with van der Waals surface area (Å²) in [6.45, 7) is 6.89. The summed E-state index contributed by atoms with van der Waals surface area (Å²) < 4.78 is 0. The topological polar surface area (TPSA) is 53.6 Å². The second-order valence-electron chi connectivity index (χ2n) is 5.99. The molecule has 22 heavy (non-hydrogen) atoms. The van der Waals surface area contributed by atoms with Gasteiger partial charge in [0.05, 0.1) is 0 Å². The van der Waals surface area contributed by atoms with Crippen LogP contribution in [-0.2, 0) is 0 Å². The molecule has 0 spiro atoms. The third-order valence-corrected chi connectivity index (χ3v) is 4.09. The number of anilines is 1. The second kappa shape index (κ2) is 10.8. The van der Waals surface area contributed by atoms with E-state index in [0.29, 0.717) is 5.96 Å². The molecule has 0 atom stereocenters. The first-order valence-electron chi connectivity index (χ1n) is 8.08. The van der Waals surface area contributed by atoms with Crippen molar-refractivity contribution >= 4 is 35.6 Å². The van der Waals surface area contributed by atoms with Gasteiger partial charge in [0.2, 0.25) is 0 Å². The van der Waals surface area contributed by atoms with Crippen LogP contribution >= 0.6 is 24.0 Å². The van der Waals surface area contributed by atoms with Crippen molar-refractivity contribution in [2.45, 2.75) is 32.6 Å². The molecule has 0 aromatic heterocycles. The zero-order chi connectivity index (χ0) is 14.9. The minimum absolute atomic E-state index is 0. The molecule has 0 amide bonds. The molecule has 0 saturated carbocycles. The molecule has 0 unspecified atom stereocenters. The third-order valence-electron chi connectivity index (χ3n) is 4.09. The number of para-hydroxylation sites is 1. The fourth-order valence-electron chi connectivity index (χ4n) is 2.64. The van der Waals surface area contributed by atoms with E-state index in [1.807, 2.05) is 30.3 Å². The van der Waals surface area contributed by atoms with E-state index < -0.39 is 0 Å². The molecule has 1 aliphatic heterocycles. The second-order valence-corrected chi connectivity index (χ2v) is 5.99. The Bertz CT molecular complexity index is 428. The highest BCUT2D eigenvalue weighted by molar-refractivity contribution is 14.0. The third kappa shape index (κ3) is 7.45. The van der Waals surface area contributed by atoms with E-state index >= 15 is 0 Å². The molecule has 2 rings (SSSR count). The van der Waals surface area contributed by atoms with E-state index in [1.165, 1.54) is 38.9 Å². The lowest BCUT2D eigenvalue weighted by Crippen LogP contribution is -2.33. The maximum absolute atomic E-state index is 5.87. The highest BCUT2D eigenvalue weighted by Gasteiger charge is 2.14. The van der Waals surface area contributed by atoms with Crippen LogP contribution in [0, 0.1) is 5.92 Å². The van der Waals surface area contributed by atoms with Gasteiger partial charge in [-0.05, 0) is 63.4 Å². The lowest BCUT2D eigenvalue weighted by atomic mass is 9.99. The van der Waals surface area contributed by atoms with Crippen molar-refractivity contribution in [3.8, 4) is 0 Å². The SMILES string of the molecule is CC1CCN(CCCCN=C(N)Nc2ccccc2)CC1.I. The number of nitrogens with one attached hydrogen (secondary N) is 1. The smallest absolute Gasteiger partial charge is 0.193 e. The first-order valence-corrected chi connectivity index (χ1v) is 8.08. The number of hydrogen-bond donors (Lipinski definition) is 2. The molecule has 1 fully saturated rings. The predicted molar refractivity (Wildman–Crippen MR) is 106 cm³/mol. The van der Waals surface area contributed by atoms with Gasteiger partial charge in [-0.15, -0.1) is 24.0 Å². The average Bonchev–Trinajstić information content (AvgIpc) is 2.50. The number of benzene rings is 1. The summed E-state index contributed by atoms with van der Waals surface area (Å²) in [4.78, 5) is 6.96. The van der Waals surface area contributed by atoms with Crippen molar-refractivity contribution in [3.63, 3.8) is 0 Å². The fourth-order valence-corrected chi connectivity index (χ4v) is 2.64. The van der Waals surface area contributed by atoms with Gasteiger partial charge >= 0.3 is 0 Å². The van der Waals surface area contributed by atoms with Gasteiger partial charge in [0.25, 0.3) is 0 Å². The molecule has 1 saturated heterocycles. The summed E-state index contributed by atoms with van der Waals surface area (Å²) in [5.74, 6) is 1.42. The van der Waals surface area contributed by atoms with Crippen LogP contribution in [0.15, 0.2) is 35.3 Å². The number of hydrogen-bond acceptors (Lipinski definition) is 2. The number of nitrogens with two attached hydrogens (primary N) is 1. The number of piperidine rings is 1. The van der Waals surface area contributed by atoms with E-state index in [2.05, 4.69) is 22.1 Å². The van der Waals surface area contributed by atoms with Crippen LogP contribution < -0.4 is 11.1 Å². The first-order chi connectivity index (χ1) is 10.2. The van der Waals surface area contributed by atoms with Crippen molar-refractivity contribution in [2.75, 3.05) is 31.5 Å². The van der Waals surface area contributed by atoms with Crippen molar-refractivity contribution in [1.82, 2.24) is 4.90 Å². The van der Waals surface area contributed by atoms with Gasteiger partial charge in [0, 0.05) is 12.2 Å². The Labute approximate surface area is 151 Å². The fraction of sp³-hybridized carbons (Fsp3) is 0.588. The largest absolute Gasteiger partial charge is 0.370 e. The lowest BCUT2D eigenvalue weighted by Gasteiger charge is -2.30. The standard InChI is InChI=1S/C17H28N4.HI/c1-15-9-13-21(14-10-15)12-6-5-11-19-17(18)20-16-7-3-2-4-8-16;/h2-4,7-8,15H,5-6,9-14H2,1H3,(H3,18,19,20);1H. The highest BCUT2D eigenvalue weighted by atomic mass is 127.